The predicted octanol–water partition coefficient (Wildman–Crippen LogP) is 3.18. The van der Waals surface area contributed by atoms with Gasteiger partial charge in [0.1, 0.15) is 12.2 Å². The van der Waals surface area contributed by atoms with Crippen LogP contribution in [-0.2, 0) is 4.79 Å². The van der Waals surface area contributed by atoms with Crippen LogP contribution < -0.4 is 4.74 Å². The Kier molecular flexibility index (Phi) is 4.66. The van der Waals surface area contributed by atoms with Crippen molar-refractivity contribution in [2.45, 2.75) is 13.8 Å². The van der Waals surface area contributed by atoms with Gasteiger partial charge in [-0.25, -0.2) is 4.79 Å². The first-order valence-corrected chi connectivity index (χ1v) is 5.99. The summed E-state index contributed by atoms with van der Waals surface area (Å²) in [5.74, 6) is -2.41. The van der Waals surface area contributed by atoms with Gasteiger partial charge >= 0.3 is 11.9 Å². The molecule has 0 heterocycles. The number of hydrogen-bond donors (Lipinski definition) is 2. The van der Waals surface area contributed by atoms with Gasteiger partial charge in [-0.1, -0.05) is 23.2 Å². The molecule has 5 nitrogen and oxygen atoms in total. The number of ether oxygens (including phenoxy) is 1. The summed E-state index contributed by atoms with van der Waals surface area (Å²) < 4.78 is 5.26. The molecule has 0 saturated heterocycles. The summed E-state index contributed by atoms with van der Waals surface area (Å²) in [6.45, 7) is 2.70. The third-order valence-electron chi connectivity index (χ3n) is 2.40. The van der Waals surface area contributed by atoms with Crippen molar-refractivity contribution in [1.29, 1.82) is 0 Å². The number of carbonyl (C=O) groups is 2. The zero-order valence-corrected chi connectivity index (χ0v) is 11.7. The fraction of sp³-hybridized carbons (Fsp3) is 0.333. The van der Waals surface area contributed by atoms with E-state index in [4.69, 9.17) is 38.2 Å². The van der Waals surface area contributed by atoms with Gasteiger partial charge in [-0.3, -0.25) is 4.79 Å². The highest BCUT2D eigenvalue weighted by Crippen LogP contribution is 2.33. The number of aromatic carboxylic acids is 1. The Bertz CT molecular complexity index is 525. The lowest BCUT2D eigenvalue weighted by molar-refractivity contribution is -0.148. The van der Waals surface area contributed by atoms with Gasteiger partial charge in [0.15, 0.2) is 5.75 Å². The summed E-state index contributed by atoms with van der Waals surface area (Å²) in [6.07, 6.45) is 0. The maximum absolute atomic E-state index is 11.1. The second kappa shape index (κ2) is 5.67. The molecule has 1 aromatic carbocycles. The molecule has 0 aliphatic heterocycles. The van der Waals surface area contributed by atoms with Gasteiger partial charge in [-0.2, -0.15) is 0 Å². The third kappa shape index (κ3) is 3.75. The Morgan fingerprint density at radius 3 is 2.32 bits per heavy atom. The van der Waals surface area contributed by atoms with Gasteiger partial charge in [0, 0.05) is 5.02 Å². The highest BCUT2D eigenvalue weighted by atomic mass is 35.5. The lowest BCUT2D eigenvalue weighted by atomic mass is 9.95. The maximum Gasteiger partial charge on any atom is 0.339 e. The average Bonchev–Trinajstić information content (AvgIpc) is 2.26. The number of carboxylic acid groups (broad SMARTS) is 2. The van der Waals surface area contributed by atoms with Crippen molar-refractivity contribution in [1.82, 2.24) is 0 Å². The van der Waals surface area contributed by atoms with Gasteiger partial charge in [-0.05, 0) is 26.0 Å². The zero-order chi connectivity index (χ0) is 14.8. The van der Waals surface area contributed by atoms with Crippen molar-refractivity contribution in [2.75, 3.05) is 6.61 Å². The van der Waals surface area contributed by atoms with Crippen LogP contribution in [0.1, 0.15) is 24.2 Å². The van der Waals surface area contributed by atoms with E-state index in [0.717, 1.165) is 0 Å². The van der Waals surface area contributed by atoms with Crippen LogP contribution in [-0.4, -0.2) is 28.8 Å². The Hall–Kier alpha value is -1.46. The van der Waals surface area contributed by atoms with Gasteiger partial charge in [0.05, 0.1) is 10.4 Å². The van der Waals surface area contributed by atoms with Crippen LogP contribution in [0, 0.1) is 5.41 Å². The maximum atomic E-state index is 11.1. The first-order valence-electron chi connectivity index (χ1n) is 5.23. The molecule has 0 radical (unpaired) electrons. The molecule has 7 heteroatoms. The first kappa shape index (κ1) is 15.6. The van der Waals surface area contributed by atoms with E-state index in [1.165, 1.54) is 26.0 Å². The molecule has 2 N–H and O–H groups in total. The topological polar surface area (TPSA) is 83.8 Å². The number of carboxylic acids is 2. The summed E-state index contributed by atoms with van der Waals surface area (Å²) >= 11 is 11.6. The van der Waals surface area contributed by atoms with Crippen LogP contribution >= 0.6 is 23.2 Å². The molecule has 0 amide bonds. The third-order valence-corrected chi connectivity index (χ3v) is 2.89. The smallest absolute Gasteiger partial charge is 0.339 e. The molecule has 0 aliphatic carbocycles. The molecular formula is C12H12Cl2O5. The zero-order valence-electron chi connectivity index (χ0n) is 10.2. The minimum atomic E-state index is -1.26. The van der Waals surface area contributed by atoms with Crippen LogP contribution in [0.2, 0.25) is 10.0 Å². The highest BCUT2D eigenvalue weighted by molar-refractivity contribution is 6.36. The van der Waals surface area contributed by atoms with Crippen LogP contribution in [0.25, 0.3) is 0 Å². The number of rotatable bonds is 5. The van der Waals surface area contributed by atoms with Crippen molar-refractivity contribution >= 4 is 35.1 Å². The highest BCUT2D eigenvalue weighted by Gasteiger charge is 2.29. The lowest BCUT2D eigenvalue weighted by Crippen LogP contribution is -2.31. The summed E-state index contributed by atoms with van der Waals surface area (Å²) in [6, 6.07) is 2.53. The Morgan fingerprint density at radius 1 is 1.26 bits per heavy atom. The fourth-order valence-electron chi connectivity index (χ4n) is 1.18. The largest absolute Gasteiger partial charge is 0.490 e. The van der Waals surface area contributed by atoms with Crippen molar-refractivity contribution in [3.05, 3.63) is 27.7 Å². The molecule has 0 bridgehead atoms. The van der Waals surface area contributed by atoms with Crippen LogP contribution in [0.15, 0.2) is 12.1 Å². The molecule has 104 valence electrons. The second-order valence-electron chi connectivity index (χ2n) is 4.55. The Morgan fingerprint density at radius 2 is 1.84 bits per heavy atom. The minimum absolute atomic E-state index is 0.0195. The Labute approximate surface area is 119 Å². The first-order chi connectivity index (χ1) is 8.65. The van der Waals surface area contributed by atoms with Crippen LogP contribution in [0.4, 0.5) is 0 Å². The van der Waals surface area contributed by atoms with Gasteiger partial charge in [0.2, 0.25) is 0 Å². The van der Waals surface area contributed by atoms with Gasteiger partial charge < -0.3 is 14.9 Å². The van der Waals surface area contributed by atoms with Gasteiger partial charge in [0.25, 0.3) is 0 Å². The number of hydrogen-bond acceptors (Lipinski definition) is 3. The molecule has 19 heavy (non-hydrogen) atoms. The summed E-state index contributed by atoms with van der Waals surface area (Å²) in [7, 11) is 0. The van der Waals surface area contributed by atoms with Crippen LogP contribution in [0.3, 0.4) is 0 Å². The van der Waals surface area contributed by atoms with E-state index >= 15 is 0 Å². The van der Waals surface area contributed by atoms with E-state index in [2.05, 4.69) is 0 Å². The molecule has 1 aromatic rings. The normalized spacial score (nSPS) is 11.2. The molecule has 1 rings (SSSR count). The number of benzene rings is 1. The molecule has 0 aliphatic rings. The van der Waals surface area contributed by atoms with E-state index < -0.39 is 17.4 Å². The molecule has 0 unspecified atom stereocenters. The number of halogens is 2. The standard InChI is InChI=1S/C12H12Cl2O5/c1-12(2,11(17)18)5-19-9-7(10(15)16)3-6(13)4-8(9)14/h3-4H,5H2,1-2H3,(H,15,16)(H,17,18). The van der Waals surface area contributed by atoms with E-state index in [1.54, 1.807) is 0 Å². The summed E-state index contributed by atoms with van der Waals surface area (Å²) in [5, 5.41) is 18.2. The van der Waals surface area contributed by atoms with Crippen LogP contribution in [0.5, 0.6) is 5.75 Å². The van der Waals surface area contributed by atoms with Crippen molar-refractivity contribution < 1.29 is 24.5 Å². The molecule has 0 atom stereocenters. The van der Waals surface area contributed by atoms with E-state index in [1.807, 2.05) is 0 Å². The second-order valence-corrected chi connectivity index (χ2v) is 5.39. The van der Waals surface area contributed by atoms with Crippen molar-refractivity contribution in [3.8, 4) is 5.75 Å². The predicted molar refractivity (Wildman–Crippen MR) is 70.3 cm³/mol. The van der Waals surface area contributed by atoms with E-state index in [9.17, 15) is 9.59 Å². The summed E-state index contributed by atoms with van der Waals surface area (Å²) in [5.41, 5.74) is -1.38. The Balaban J connectivity index is 3.08. The lowest BCUT2D eigenvalue weighted by Gasteiger charge is -2.20. The minimum Gasteiger partial charge on any atom is -0.490 e. The van der Waals surface area contributed by atoms with Crippen molar-refractivity contribution in [3.63, 3.8) is 0 Å². The van der Waals surface area contributed by atoms with E-state index in [-0.39, 0.29) is 28.0 Å². The quantitative estimate of drug-likeness (QED) is 0.873. The van der Waals surface area contributed by atoms with E-state index in [0.29, 0.717) is 0 Å². The SMILES string of the molecule is CC(C)(COc1c(Cl)cc(Cl)cc1C(=O)O)C(=O)O. The van der Waals surface area contributed by atoms with Crippen molar-refractivity contribution in [2.24, 2.45) is 5.41 Å². The molecule has 0 saturated carbocycles. The average molecular weight is 307 g/mol. The molecule has 0 aromatic heterocycles. The number of aliphatic carboxylic acids is 1. The van der Waals surface area contributed by atoms with Gasteiger partial charge in [-0.15, -0.1) is 0 Å². The monoisotopic (exact) mass is 306 g/mol. The molecular weight excluding hydrogens is 295 g/mol. The fourth-order valence-corrected chi connectivity index (χ4v) is 1.73. The summed E-state index contributed by atoms with van der Waals surface area (Å²) in [4.78, 5) is 22.0. The molecule has 0 fully saturated rings. The molecule has 0 spiro atoms.